The Morgan fingerprint density at radius 2 is 1.79 bits per heavy atom. The molecule has 1 aromatic heterocycles. The van der Waals surface area contributed by atoms with Crippen molar-refractivity contribution in [2.45, 2.75) is 26.8 Å². The molecule has 0 radical (unpaired) electrons. The smallest absolute Gasteiger partial charge is 0.359 e. The molecule has 0 saturated carbocycles. The van der Waals surface area contributed by atoms with Crippen molar-refractivity contribution in [2.75, 3.05) is 24.7 Å². The van der Waals surface area contributed by atoms with Crippen LogP contribution in [0.15, 0.2) is 53.3 Å². The van der Waals surface area contributed by atoms with Gasteiger partial charge in [0.1, 0.15) is 5.75 Å². The zero-order valence-electron chi connectivity index (χ0n) is 18.5. The molecule has 3 rings (SSSR count). The van der Waals surface area contributed by atoms with Gasteiger partial charge < -0.3 is 14.4 Å². The molecule has 0 aliphatic carbocycles. The highest BCUT2D eigenvalue weighted by Gasteiger charge is 2.21. The third kappa shape index (κ3) is 5.36. The average molecular weight is 448 g/mol. The Hall–Kier alpha value is -4.19. The average Bonchev–Trinajstić information content (AvgIpc) is 2.84. The molecule has 0 aliphatic heterocycles. The van der Waals surface area contributed by atoms with E-state index >= 15 is 0 Å². The number of amides is 1. The van der Waals surface area contributed by atoms with E-state index in [1.54, 1.807) is 55.5 Å². The van der Waals surface area contributed by atoms with E-state index in [1.807, 2.05) is 13.0 Å². The number of carbonyl (C=O) groups excluding carboxylic acids is 2. The van der Waals surface area contributed by atoms with Crippen LogP contribution in [0.3, 0.4) is 0 Å². The minimum absolute atomic E-state index is 0.0375. The summed E-state index contributed by atoms with van der Waals surface area (Å²) < 4.78 is 11.9. The SMILES string of the molecule is CCOc1ccc(N(CCC#N)C(=O)COC(=O)c2nn(CC)c(=O)c3ccccc23)cc1. The number of nitriles is 1. The maximum atomic E-state index is 12.9. The van der Waals surface area contributed by atoms with Gasteiger partial charge in [0.2, 0.25) is 0 Å². The van der Waals surface area contributed by atoms with Gasteiger partial charge >= 0.3 is 5.97 Å². The number of ether oxygens (including phenoxy) is 2. The first-order chi connectivity index (χ1) is 16.0. The summed E-state index contributed by atoms with van der Waals surface area (Å²) in [7, 11) is 0. The molecule has 0 saturated heterocycles. The first-order valence-electron chi connectivity index (χ1n) is 10.6. The van der Waals surface area contributed by atoms with Crippen LogP contribution in [0.5, 0.6) is 5.75 Å². The molecule has 0 atom stereocenters. The third-order valence-corrected chi connectivity index (χ3v) is 4.90. The highest BCUT2D eigenvalue weighted by molar-refractivity contribution is 6.03. The Kier molecular flexibility index (Phi) is 7.76. The molecule has 33 heavy (non-hydrogen) atoms. The van der Waals surface area contributed by atoms with Gasteiger partial charge in [0.15, 0.2) is 12.3 Å². The third-order valence-electron chi connectivity index (χ3n) is 4.90. The number of rotatable bonds is 9. The van der Waals surface area contributed by atoms with Crippen molar-refractivity contribution >= 4 is 28.3 Å². The van der Waals surface area contributed by atoms with Gasteiger partial charge in [0.05, 0.1) is 24.5 Å². The summed E-state index contributed by atoms with van der Waals surface area (Å²) in [5.74, 6) is -0.645. The van der Waals surface area contributed by atoms with Crippen LogP contribution in [0.1, 0.15) is 30.8 Å². The lowest BCUT2D eigenvalue weighted by Gasteiger charge is -2.22. The standard InChI is InChI=1S/C24H24N4O5/c1-3-28-23(30)20-9-6-5-8-19(20)22(26-28)24(31)33-16-21(29)27(15-7-14-25)17-10-12-18(13-11-17)32-4-2/h5-6,8-13H,3-4,7,15-16H2,1-2H3. The quantitative estimate of drug-likeness (QED) is 0.462. The van der Waals surface area contributed by atoms with Gasteiger partial charge in [-0.3, -0.25) is 9.59 Å². The molecule has 0 fully saturated rings. The summed E-state index contributed by atoms with van der Waals surface area (Å²) in [5.41, 5.74) is 0.209. The molecular weight excluding hydrogens is 424 g/mol. The molecule has 0 N–H and O–H groups in total. The van der Waals surface area contributed by atoms with Gasteiger partial charge in [-0.2, -0.15) is 10.4 Å². The van der Waals surface area contributed by atoms with Crippen LogP contribution in [0, 0.1) is 11.3 Å². The fraction of sp³-hybridized carbons (Fsp3) is 0.292. The van der Waals surface area contributed by atoms with Gasteiger partial charge in [0, 0.05) is 24.2 Å². The molecule has 170 valence electrons. The normalized spacial score (nSPS) is 10.5. The van der Waals surface area contributed by atoms with E-state index in [4.69, 9.17) is 14.7 Å². The summed E-state index contributed by atoms with van der Waals surface area (Å²) in [6.45, 7) is 4.01. The lowest BCUT2D eigenvalue weighted by atomic mass is 10.1. The van der Waals surface area contributed by atoms with E-state index < -0.39 is 18.5 Å². The number of aromatic nitrogens is 2. The zero-order chi connectivity index (χ0) is 23.8. The van der Waals surface area contributed by atoms with Gasteiger partial charge in [-0.25, -0.2) is 9.48 Å². The number of fused-ring (bicyclic) bond motifs is 1. The first-order valence-corrected chi connectivity index (χ1v) is 10.6. The summed E-state index contributed by atoms with van der Waals surface area (Å²) in [6.07, 6.45) is 0.112. The maximum absolute atomic E-state index is 12.9. The Morgan fingerprint density at radius 3 is 2.42 bits per heavy atom. The molecule has 0 unspecified atom stereocenters. The van der Waals surface area contributed by atoms with Crippen LogP contribution >= 0.6 is 0 Å². The fourth-order valence-electron chi connectivity index (χ4n) is 3.32. The van der Waals surface area contributed by atoms with E-state index in [9.17, 15) is 14.4 Å². The molecule has 0 bridgehead atoms. The summed E-state index contributed by atoms with van der Waals surface area (Å²) in [4.78, 5) is 39.5. The number of benzene rings is 2. The number of esters is 1. The second-order valence-electron chi connectivity index (χ2n) is 6.97. The second kappa shape index (κ2) is 10.9. The number of carbonyl (C=O) groups is 2. The van der Waals surface area contributed by atoms with Gasteiger partial charge in [-0.1, -0.05) is 18.2 Å². The summed E-state index contributed by atoms with van der Waals surface area (Å²) >= 11 is 0. The van der Waals surface area contributed by atoms with Crippen molar-refractivity contribution in [3.63, 3.8) is 0 Å². The van der Waals surface area contributed by atoms with Crippen LogP contribution in [-0.2, 0) is 16.1 Å². The number of hydrogen-bond donors (Lipinski definition) is 0. The largest absolute Gasteiger partial charge is 0.494 e. The van der Waals surface area contributed by atoms with Crippen LogP contribution in [-0.4, -0.2) is 41.4 Å². The topological polar surface area (TPSA) is 115 Å². The van der Waals surface area contributed by atoms with Crippen molar-refractivity contribution in [1.82, 2.24) is 9.78 Å². The number of aryl methyl sites for hydroxylation is 1. The number of hydrogen-bond acceptors (Lipinski definition) is 7. The summed E-state index contributed by atoms with van der Waals surface area (Å²) in [6, 6.07) is 15.5. The minimum Gasteiger partial charge on any atom is -0.494 e. The van der Waals surface area contributed by atoms with Crippen molar-refractivity contribution < 1.29 is 19.1 Å². The van der Waals surface area contributed by atoms with Crippen molar-refractivity contribution in [3.8, 4) is 11.8 Å². The van der Waals surface area contributed by atoms with E-state index in [0.717, 1.165) is 0 Å². The minimum atomic E-state index is -0.811. The van der Waals surface area contributed by atoms with Gasteiger partial charge in [0.25, 0.3) is 11.5 Å². The van der Waals surface area contributed by atoms with Crippen molar-refractivity contribution in [3.05, 3.63) is 64.6 Å². The Labute approximate surface area is 190 Å². The number of anilines is 1. The molecule has 2 aromatic carbocycles. The Balaban J connectivity index is 1.80. The van der Waals surface area contributed by atoms with Crippen LogP contribution < -0.4 is 15.2 Å². The second-order valence-corrected chi connectivity index (χ2v) is 6.97. The predicted molar refractivity (Wildman–Crippen MR) is 122 cm³/mol. The molecule has 0 spiro atoms. The fourth-order valence-corrected chi connectivity index (χ4v) is 3.32. The van der Waals surface area contributed by atoms with Gasteiger partial charge in [-0.15, -0.1) is 0 Å². The van der Waals surface area contributed by atoms with E-state index in [1.165, 1.54) is 9.58 Å². The van der Waals surface area contributed by atoms with Crippen LogP contribution in [0.4, 0.5) is 5.69 Å². The lowest BCUT2D eigenvalue weighted by molar-refractivity contribution is -0.121. The molecule has 9 nitrogen and oxygen atoms in total. The van der Waals surface area contributed by atoms with E-state index in [2.05, 4.69) is 5.10 Å². The monoisotopic (exact) mass is 448 g/mol. The summed E-state index contributed by atoms with van der Waals surface area (Å²) in [5, 5.41) is 13.8. The van der Waals surface area contributed by atoms with Crippen LogP contribution in [0.25, 0.3) is 10.8 Å². The highest BCUT2D eigenvalue weighted by Crippen LogP contribution is 2.20. The van der Waals surface area contributed by atoms with E-state index in [0.29, 0.717) is 28.8 Å². The molecule has 1 amide bonds. The Morgan fingerprint density at radius 1 is 1.09 bits per heavy atom. The molecule has 1 heterocycles. The lowest BCUT2D eigenvalue weighted by Crippen LogP contribution is -2.35. The molecular formula is C24H24N4O5. The molecule has 9 heteroatoms. The highest BCUT2D eigenvalue weighted by atomic mass is 16.5. The predicted octanol–water partition coefficient (Wildman–Crippen LogP) is 2.92. The van der Waals surface area contributed by atoms with E-state index in [-0.39, 0.29) is 30.8 Å². The zero-order valence-corrected chi connectivity index (χ0v) is 18.5. The van der Waals surface area contributed by atoms with Crippen LogP contribution in [0.2, 0.25) is 0 Å². The van der Waals surface area contributed by atoms with Gasteiger partial charge in [-0.05, 0) is 44.2 Å². The van der Waals surface area contributed by atoms with Crippen molar-refractivity contribution in [2.24, 2.45) is 0 Å². The first kappa shape index (κ1) is 23.5. The molecule has 3 aromatic rings. The molecule has 0 aliphatic rings. The number of nitrogens with zero attached hydrogens (tertiary/aromatic N) is 4. The van der Waals surface area contributed by atoms with Crippen molar-refractivity contribution in [1.29, 1.82) is 5.26 Å². The Bertz CT molecular complexity index is 1240. The maximum Gasteiger partial charge on any atom is 0.359 e.